The fourth-order valence-corrected chi connectivity index (χ4v) is 2.36. The molecule has 1 aliphatic rings. The third-order valence-corrected chi connectivity index (χ3v) is 3.66. The van der Waals surface area contributed by atoms with Gasteiger partial charge in [0, 0.05) is 25.3 Å². The molecule has 6 heteroatoms. The monoisotopic (exact) mass is 266 g/mol. The first-order chi connectivity index (χ1) is 9.13. The lowest BCUT2D eigenvalue weighted by molar-refractivity contribution is 0.0546. The highest BCUT2D eigenvalue weighted by Gasteiger charge is 2.24. The van der Waals surface area contributed by atoms with Crippen LogP contribution in [0.25, 0.3) is 0 Å². The van der Waals surface area contributed by atoms with E-state index in [0.29, 0.717) is 38.0 Å². The second-order valence-electron chi connectivity index (χ2n) is 5.03. The summed E-state index contributed by atoms with van der Waals surface area (Å²) >= 11 is 0. The summed E-state index contributed by atoms with van der Waals surface area (Å²) in [6.07, 6.45) is 3.54. The number of amides is 1. The minimum Gasteiger partial charge on any atom is -0.393 e. The van der Waals surface area contributed by atoms with E-state index in [1.54, 1.807) is 11.1 Å². The highest BCUT2D eigenvalue weighted by atomic mass is 16.3. The fourth-order valence-electron chi connectivity index (χ4n) is 2.36. The third kappa shape index (κ3) is 3.13. The van der Waals surface area contributed by atoms with Crippen LogP contribution in [0, 0.1) is 6.92 Å². The minimum atomic E-state index is -0.266. The van der Waals surface area contributed by atoms with Crippen LogP contribution in [0.15, 0.2) is 6.20 Å². The smallest absolute Gasteiger partial charge is 0.257 e. The molecule has 2 rings (SSSR count). The molecule has 1 aromatic heterocycles. The zero-order valence-electron chi connectivity index (χ0n) is 11.4. The van der Waals surface area contributed by atoms with E-state index >= 15 is 0 Å². The van der Waals surface area contributed by atoms with Crippen LogP contribution in [0.4, 0.5) is 0 Å². The van der Waals surface area contributed by atoms with Crippen molar-refractivity contribution < 1.29 is 9.90 Å². The molecule has 0 bridgehead atoms. The maximum atomic E-state index is 12.4. The molecule has 106 valence electrons. The number of hydrogen-bond acceptors (Lipinski definition) is 4. The molecule has 1 saturated heterocycles. The van der Waals surface area contributed by atoms with E-state index in [1.165, 1.54) is 0 Å². The Balaban J connectivity index is 2.05. The maximum Gasteiger partial charge on any atom is 0.257 e. The molecule has 1 fully saturated rings. The fraction of sp³-hybridized carbons (Fsp3) is 0.692. The van der Waals surface area contributed by atoms with Crippen LogP contribution in [0.1, 0.15) is 35.3 Å². The molecule has 0 spiro atoms. The average Bonchev–Trinajstić information content (AvgIpc) is 2.78. The number of nitrogens with two attached hydrogens (primary N) is 1. The normalized spacial score (nSPS) is 16.9. The highest BCUT2D eigenvalue weighted by Crippen LogP contribution is 2.16. The molecule has 0 atom stereocenters. The number of aryl methyl sites for hydroxylation is 1. The number of aliphatic hydroxyl groups is 1. The molecule has 0 radical (unpaired) electrons. The zero-order valence-corrected chi connectivity index (χ0v) is 11.4. The van der Waals surface area contributed by atoms with E-state index in [4.69, 9.17) is 5.73 Å². The van der Waals surface area contributed by atoms with Gasteiger partial charge in [0.1, 0.15) is 0 Å². The summed E-state index contributed by atoms with van der Waals surface area (Å²) in [6.45, 7) is 4.51. The van der Waals surface area contributed by atoms with Gasteiger partial charge in [0.15, 0.2) is 0 Å². The van der Waals surface area contributed by atoms with Gasteiger partial charge in [-0.3, -0.25) is 9.48 Å². The first-order valence-electron chi connectivity index (χ1n) is 6.83. The minimum absolute atomic E-state index is 0.0170. The summed E-state index contributed by atoms with van der Waals surface area (Å²) in [5.74, 6) is 0.0170. The second-order valence-corrected chi connectivity index (χ2v) is 5.03. The van der Waals surface area contributed by atoms with Crippen LogP contribution in [-0.2, 0) is 6.54 Å². The molecule has 0 saturated carbocycles. The van der Waals surface area contributed by atoms with Crippen LogP contribution in [0.3, 0.4) is 0 Å². The summed E-state index contributed by atoms with van der Waals surface area (Å²) in [5, 5.41) is 13.7. The van der Waals surface area contributed by atoms with Crippen LogP contribution < -0.4 is 5.73 Å². The number of hydrogen-bond donors (Lipinski definition) is 2. The summed E-state index contributed by atoms with van der Waals surface area (Å²) in [7, 11) is 0. The number of carbonyl (C=O) groups is 1. The Bertz CT molecular complexity index is 436. The topological polar surface area (TPSA) is 84.4 Å². The lowest BCUT2D eigenvalue weighted by Gasteiger charge is -2.29. The largest absolute Gasteiger partial charge is 0.393 e. The van der Waals surface area contributed by atoms with Crippen molar-refractivity contribution in [3.8, 4) is 0 Å². The molecule has 19 heavy (non-hydrogen) atoms. The summed E-state index contributed by atoms with van der Waals surface area (Å²) in [5.41, 5.74) is 7.04. The van der Waals surface area contributed by atoms with Crippen molar-refractivity contribution in [1.82, 2.24) is 14.7 Å². The van der Waals surface area contributed by atoms with Crippen molar-refractivity contribution in [2.24, 2.45) is 5.73 Å². The van der Waals surface area contributed by atoms with Gasteiger partial charge < -0.3 is 15.7 Å². The van der Waals surface area contributed by atoms with E-state index < -0.39 is 0 Å². The standard InChI is InChI=1S/C13H22N4O2/c1-10-12(9-15-17(10)6-2-5-14)13(19)16-7-3-11(18)4-8-16/h9,11,18H,2-8,14H2,1H3. The molecular weight excluding hydrogens is 244 g/mol. The van der Waals surface area contributed by atoms with E-state index in [0.717, 1.165) is 18.7 Å². The van der Waals surface area contributed by atoms with Gasteiger partial charge in [-0.2, -0.15) is 5.10 Å². The molecule has 0 unspecified atom stereocenters. The molecule has 2 heterocycles. The van der Waals surface area contributed by atoms with Crippen molar-refractivity contribution in [3.05, 3.63) is 17.5 Å². The Hall–Kier alpha value is -1.40. The van der Waals surface area contributed by atoms with Gasteiger partial charge in [-0.25, -0.2) is 0 Å². The average molecular weight is 266 g/mol. The second kappa shape index (κ2) is 6.16. The van der Waals surface area contributed by atoms with Gasteiger partial charge in [0.2, 0.25) is 0 Å². The van der Waals surface area contributed by atoms with Crippen molar-refractivity contribution in [2.75, 3.05) is 19.6 Å². The number of aliphatic hydroxyl groups excluding tert-OH is 1. The molecule has 3 N–H and O–H groups in total. The Morgan fingerprint density at radius 1 is 1.53 bits per heavy atom. The van der Waals surface area contributed by atoms with Crippen LogP contribution in [-0.4, -0.2) is 51.4 Å². The van der Waals surface area contributed by atoms with Gasteiger partial charge in [0.05, 0.1) is 17.9 Å². The molecular formula is C13H22N4O2. The van der Waals surface area contributed by atoms with Crippen molar-refractivity contribution in [2.45, 2.75) is 38.8 Å². The van der Waals surface area contributed by atoms with Crippen molar-refractivity contribution in [3.63, 3.8) is 0 Å². The van der Waals surface area contributed by atoms with Gasteiger partial charge in [-0.1, -0.05) is 0 Å². The van der Waals surface area contributed by atoms with Gasteiger partial charge in [-0.05, 0) is 32.7 Å². The lowest BCUT2D eigenvalue weighted by atomic mass is 10.1. The number of nitrogens with zero attached hydrogens (tertiary/aromatic N) is 3. The summed E-state index contributed by atoms with van der Waals surface area (Å²) in [6, 6.07) is 0. The lowest BCUT2D eigenvalue weighted by Crippen LogP contribution is -2.40. The van der Waals surface area contributed by atoms with Crippen molar-refractivity contribution >= 4 is 5.91 Å². The molecule has 1 amide bonds. The molecule has 1 aliphatic heterocycles. The number of carbonyl (C=O) groups excluding carboxylic acids is 1. The van der Waals surface area contributed by atoms with E-state index in [9.17, 15) is 9.90 Å². The van der Waals surface area contributed by atoms with E-state index in [-0.39, 0.29) is 12.0 Å². The quantitative estimate of drug-likeness (QED) is 0.811. The van der Waals surface area contributed by atoms with Crippen molar-refractivity contribution in [1.29, 1.82) is 0 Å². The third-order valence-electron chi connectivity index (χ3n) is 3.66. The Morgan fingerprint density at radius 3 is 2.84 bits per heavy atom. The Labute approximate surface area is 113 Å². The number of likely N-dealkylation sites (tertiary alicyclic amines) is 1. The summed E-state index contributed by atoms with van der Waals surface area (Å²) in [4.78, 5) is 14.2. The first kappa shape index (κ1) is 14.0. The van der Waals surface area contributed by atoms with Gasteiger partial charge in [0.25, 0.3) is 5.91 Å². The summed E-state index contributed by atoms with van der Waals surface area (Å²) < 4.78 is 1.83. The van der Waals surface area contributed by atoms with Gasteiger partial charge >= 0.3 is 0 Å². The van der Waals surface area contributed by atoms with Crippen LogP contribution in [0.5, 0.6) is 0 Å². The number of rotatable bonds is 4. The predicted molar refractivity (Wildman–Crippen MR) is 71.8 cm³/mol. The first-order valence-corrected chi connectivity index (χ1v) is 6.83. The maximum absolute atomic E-state index is 12.4. The predicted octanol–water partition coefficient (Wildman–Crippen LogP) is 0.137. The molecule has 6 nitrogen and oxygen atoms in total. The Kier molecular flexibility index (Phi) is 4.55. The highest BCUT2D eigenvalue weighted by molar-refractivity contribution is 5.95. The van der Waals surface area contributed by atoms with E-state index in [1.807, 2.05) is 11.6 Å². The van der Waals surface area contributed by atoms with Gasteiger partial charge in [-0.15, -0.1) is 0 Å². The molecule has 0 aliphatic carbocycles. The number of aromatic nitrogens is 2. The zero-order chi connectivity index (χ0) is 13.8. The SMILES string of the molecule is Cc1c(C(=O)N2CCC(O)CC2)cnn1CCCN. The molecule has 0 aromatic carbocycles. The van der Waals surface area contributed by atoms with Crippen LogP contribution >= 0.6 is 0 Å². The van der Waals surface area contributed by atoms with Crippen LogP contribution in [0.2, 0.25) is 0 Å². The Morgan fingerprint density at radius 2 is 2.21 bits per heavy atom. The number of piperidine rings is 1. The van der Waals surface area contributed by atoms with E-state index in [2.05, 4.69) is 5.10 Å². The molecule has 1 aromatic rings.